The molecule has 4 nitrogen and oxygen atoms in total. The van der Waals surface area contributed by atoms with Crippen molar-refractivity contribution in [2.24, 2.45) is 0 Å². The summed E-state index contributed by atoms with van der Waals surface area (Å²) in [5, 5.41) is 3.80. The monoisotopic (exact) mass is 209 g/mol. The summed E-state index contributed by atoms with van der Waals surface area (Å²) < 4.78 is 1.31. The molecule has 0 unspecified atom stereocenters. The Bertz CT molecular complexity index is 269. The summed E-state index contributed by atoms with van der Waals surface area (Å²) in [4.78, 5) is 15.2. The van der Waals surface area contributed by atoms with Gasteiger partial charge in [-0.3, -0.25) is 4.79 Å². The van der Waals surface area contributed by atoms with Gasteiger partial charge in [-0.05, 0) is 6.42 Å². The van der Waals surface area contributed by atoms with Crippen molar-refractivity contribution in [1.29, 1.82) is 0 Å². The number of carbonyl (C=O) groups excluding carboxylic acids is 1. The van der Waals surface area contributed by atoms with Crippen LogP contribution in [-0.2, 0) is 0 Å². The molecule has 4 heteroatoms. The molecule has 0 aliphatic carbocycles. The van der Waals surface area contributed by atoms with Gasteiger partial charge < -0.3 is 0 Å². The number of carbonyl (C=O) groups is 1. The van der Waals surface area contributed by atoms with Gasteiger partial charge in [0.25, 0.3) is 0 Å². The van der Waals surface area contributed by atoms with Gasteiger partial charge in [-0.25, -0.2) is 4.98 Å². The van der Waals surface area contributed by atoms with Crippen molar-refractivity contribution in [3.05, 3.63) is 12.7 Å². The molecule has 0 atom stereocenters. The van der Waals surface area contributed by atoms with Crippen LogP contribution < -0.4 is 0 Å². The molecule has 0 saturated heterocycles. The molecule has 84 valence electrons. The third-order valence-electron chi connectivity index (χ3n) is 2.42. The fraction of sp³-hybridized carbons (Fsp3) is 0.727. The Morgan fingerprint density at radius 3 is 2.60 bits per heavy atom. The van der Waals surface area contributed by atoms with E-state index in [-0.39, 0.29) is 5.91 Å². The molecule has 0 radical (unpaired) electrons. The Hall–Kier alpha value is -1.19. The second-order valence-electron chi connectivity index (χ2n) is 3.75. The van der Waals surface area contributed by atoms with Crippen LogP contribution in [0.3, 0.4) is 0 Å². The standard InChI is InChI=1S/C11H19N3O/c1-2-3-4-5-6-7-8-11(15)14-10-12-9-13-14/h9-10H,2-8H2,1H3. The van der Waals surface area contributed by atoms with E-state index in [9.17, 15) is 4.79 Å². The molecule has 1 aromatic heterocycles. The fourth-order valence-electron chi connectivity index (χ4n) is 1.51. The molecular weight excluding hydrogens is 190 g/mol. The second kappa shape index (κ2) is 7.15. The molecule has 0 spiro atoms. The van der Waals surface area contributed by atoms with Gasteiger partial charge in [0.15, 0.2) is 0 Å². The number of hydrogen-bond donors (Lipinski definition) is 0. The van der Waals surface area contributed by atoms with E-state index in [0.717, 1.165) is 12.8 Å². The molecule has 0 saturated carbocycles. The summed E-state index contributed by atoms with van der Waals surface area (Å²) in [6, 6.07) is 0. The molecular formula is C11H19N3O. The van der Waals surface area contributed by atoms with Crippen molar-refractivity contribution >= 4 is 5.91 Å². The molecule has 0 N–H and O–H groups in total. The first-order valence-corrected chi connectivity index (χ1v) is 5.72. The molecule has 0 fully saturated rings. The molecule has 0 aliphatic rings. The van der Waals surface area contributed by atoms with Crippen LogP contribution in [0.1, 0.15) is 56.7 Å². The lowest BCUT2D eigenvalue weighted by Crippen LogP contribution is -2.10. The van der Waals surface area contributed by atoms with Crippen LogP contribution in [0.15, 0.2) is 12.7 Å². The Morgan fingerprint density at radius 2 is 1.93 bits per heavy atom. The summed E-state index contributed by atoms with van der Waals surface area (Å²) in [5.41, 5.74) is 0. The minimum absolute atomic E-state index is 0.0444. The Balaban J connectivity index is 2.03. The van der Waals surface area contributed by atoms with Crippen molar-refractivity contribution in [2.75, 3.05) is 0 Å². The quantitative estimate of drug-likeness (QED) is 0.649. The van der Waals surface area contributed by atoms with E-state index >= 15 is 0 Å². The highest BCUT2D eigenvalue weighted by atomic mass is 16.2. The maximum Gasteiger partial charge on any atom is 0.248 e. The number of rotatable bonds is 7. The van der Waals surface area contributed by atoms with E-state index < -0.39 is 0 Å². The lowest BCUT2D eigenvalue weighted by molar-refractivity contribution is 0.0882. The van der Waals surface area contributed by atoms with Crippen LogP contribution in [0.5, 0.6) is 0 Å². The van der Waals surface area contributed by atoms with Crippen LogP contribution in [0.25, 0.3) is 0 Å². The van der Waals surface area contributed by atoms with Gasteiger partial charge in [0, 0.05) is 6.42 Å². The summed E-state index contributed by atoms with van der Waals surface area (Å²) in [5.74, 6) is 0.0444. The average Bonchev–Trinajstić information content (AvgIpc) is 2.76. The Kier molecular flexibility index (Phi) is 5.66. The number of unbranched alkanes of at least 4 members (excludes halogenated alkanes) is 5. The van der Waals surface area contributed by atoms with Crippen molar-refractivity contribution in [1.82, 2.24) is 14.8 Å². The minimum Gasteiger partial charge on any atom is -0.273 e. The summed E-state index contributed by atoms with van der Waals surface area (Å²) in [6.07, 6.45) is 10.6. The zero-order valence-corrected chi connectivity index (χ0v) is 9.35. The first kappa shape index (κ1) is 11.9. The first-order valence-electron chi connectivity index (χ1n) is 5.72. The summed E-state index contributed by atoms with van der Waals surface area (Å²) in [6.45, 7) is 2.20. The van der Waals surface area contributed by atoms with Crippen LogP contribution in [0.4, 0.5) is 0 Å². The predicted octanol–water partition coefficient (Wildman–Crippen LogP) is 2.67. The minimum atomic E-state index is 0.0444. The fourth-order valence-corrected chi connectivity index (χ4v) is 1.51. The van der Waals surface area contributed by atoms with E-state index in [0.29, 0.717) is 6.42 Å². The lowest BCUT2D eigenvalue weighted by atomic mass is 10.1. The Labute approximate surface area is 90.7 Å². The van der Waals surface area contributed by atoms with E-state index in [1.165, 1.54) is 43.0 Å². The van der Waals surface area contributed by atoms with E-state index in [1.807, 2.05) is 0 Å². The molecule has 1 aromatic rings. The number of aromatic nitrogens is 3. The first-order chi connectivity index (χ1) is 7.34. The highest BCUT2D eigenvalue weighted by Gasteiger charge is 2.03. The van der Waals surface area contributed by atoms with Crippen molar-refractivity contribution in [3.63, 3.8) is 0 Å². The van der Waals surface area contributed by atoms with Crippen LogP contribution in [0.2, 0.25) is 0 Å². The average molecular weight is 209 g/mol. The third kappa shape index (κ3) is 4.72. The molecule has 1 heterocycles. The Morgan fingerprint density at radius 1 is 1.20 bits per heavy atom. The normalized spacial score (nSPS) is 10.5. The van der Waals surface area contributed by atoms with Gasteiger partial charge in [-0.2, -0.15) is 9.78 Å². The molecule has 0 aromatic carbocycles. The van der Waals surface area contributed by atoms with E-state index in [2.05, 4.69) is 17.0 Å². The number of nitrogens with zero attached hydrogens (tertiary/aromatic N) is 3. The van der Waals surface area contributed by atoms with E-state index in [1.54, 1.807) is 0 Å². The summed E-state index contributed by atoms with van der Waals surface area (Å²) >= 11 is 0. The molecule has 0 aliphatic heterocycles. The smallest absolute Gasteiger partial charge is 0.248 e. The lowest BCUT2D eigenvalue weighted by Gasteiger charge is -2.00. The van der Waals surface area contributed by atoms with Gasteiger partial charge in [-0.1, -0.05) is 39.0 Å². The maximum absolute atomic E-state index is 11.5. The molecule has 15 heavy (non-hydrogen) atoms. The van der Waals surface area contributed by atoms with Crippen LogP contribution >= 0.6 is 0 Å². The SMILES string of the molecule is CCCCCCCCC(=O)n1cncn1. The highest BCUT2D eigenvalue weighted by molar-refractivity contribution is 5.77. The van der Waals surface area contributed by atoms with Gasteiger partial charge in [0.05, 0.1) is 0 Å². The van der Waals surface area contributed by atoms with Gasteiger partial charge in [0.2, 0.25) is 5.91 Å². The third-order valence-corrected chi connectivity index (χ3v) is 2.42. The van der Waals surface area contributed by atoms with Crippen molar-refractivity contribution in [3.8, 4) is 0 Å². The molecule has 0 amide bonds. The van der Waals surface area contributed by atoms with Gasteiger partial charge in [-0.15, -0.1) is 0 Å². The second-order valence-corrected chi connectivity index (χ2v) is 3.75. The largest absolute Gasteiger partial charge is 0.273 e. The van der Waals surface area contributed by atoms with Crippen molar-refractivity contribution in [2.45, 2.75) is 51.9 Å². The molecule has 1 rings (SSSR count). The zero-order valence-electron chi connectivity index (χ0n) is 9.35. The topological polar surface area (TPSA) is 47.8 Å². The van der Waals surface area contributed by atoms with Crippen LogP contribution in [-0.4, -0.2) is 20.7 Å². The van der Waals surface area contributed by atoms with Gasteiger partial charge in [0.1, 0.15) is 12.7 Å². The number of hydrogen-bond acceptors (Lipinski definition) is 3. The zero-order chi connectivity index (χ0) is 10.9. The van der Waals surface area contributed by atoms with E-state index in [4.69, 9.17) is 0 Å². The maximum atomic E-state index is 11.5. The van der Waals surface area contributed by atoms with Crippen molar-refractivity contribution < 1.29 is 4.79 Å². The molecule has 0 bridgehead atoms. The predicted molar refractivity (Wildman–Crippen MR) is 58.6 cm³/mol. The highest BCUT2D eigenvalue weighted by Crippen LogP contribution is 2.07. The van der Waals surface area contributed by atoms with Crippen LogP contribution in [0, 0.1) is 0 Å². The van der Waals surface area contributed by atoms with Gasteiger partial charge >= 0.3 is 0 Å². The summed E-state index contributed by atoms with van der Waals surface area (Å²) in [7, 11) is 0.